The first-order valence-corrected chi connectivity index (χ1v) is 2.83. The molecule has 1 radical (unpaired) electrons. The van der Waals surface area contributed by atoms with E-state index in [0.29, 0.717) is 20.9 Å². The molecule has 0 aromatic heterocycles. The van der Waals surface area contributed by atoms with E-state index < -0.39 is 0 Å². The molecule has 9 heavy (non-hydrogen) atoms. The molecule has 0 amide bonds. The quantitative estimate of drug-likeness (QED) is 0.523. The lowest BCUT2D eigenvalue weighted by Gasteiger charge is -2.12. The Morgan fingerprint density at radius 2 is 2.67 bits per heavy atom. The van der Waals surface area contributed by atoms with Gasteiger partial charge in [-0.1, -0.05) is 0 Å². The van der Waals surface area contributed by atoms with Crippen LogP contribution in [0, 0.1) is 0 Å². The molecule has 3 nitrogen and oxygen atoms in total. The Bertz CT molecular complexity index is 113. The van der Waals surface area contributed by atoms with Gasteiger partial charge in [-0.15, -0.1) is 0 Å². The highest BCUT2D eigenvalue weighted by Gasteiger charge is 2.03. The third-order valence-corrected chi connectivity index (χ3v) is 1.13. The van der Waals surface area contributed by atoms with Crippen molar-refractivity contribution in [3.05, 3.63) is 11.8 Å². The third kappa shape index (κ3) is 2.07. The molecule has 1 rings (SSSR count). The van der Waals surface area contributed by atoms with E-state index in [1.165, 1.54) is 0 Å². The van der Waals surface area contributed by atoms with Crippen LogP contribution in [0.1, 0.15) is 6.42 Å². The molecule has 4 heteroatoms. The summed E-state index contributed by atoms with van der Waals surface area (Å²) in [7, 11) is 0.692. The lowest BCUT2D eigenvalue weighted by molar-refractivity contribution is 0.137. The van der Waals surface area contributed by atoms with Gasteiger partial charge in [0, 0.05) is 6.42 Å². The third-order valence-electron chi connectivity index (χ3n) is 1.13. The van der Waals surface area contributed by atoms with E-state index in [0.717, 1.165) is 12.2 Å². The van der Waals surface area contributed by atoms with E-state index in [2.05, 4.69) is 0 Å². The predicted octanol–water partition coefficient (Wildman–Crippen LogP) is -0.166. The van der Waals surface area contributed by atoms with Crippen molar-refractivity contribution in [1.82, 2.24) is 0 Å². The van der Waals surface area contributed by atoms with Crippen LogP contribution in [0.4, 0.5) is 0 Å². The fourth-order valence-electron chi connectivity index (χ4n) is 0.685. The molecule has 0 spiro atoms. The summed E-state index contributed by atoms with van der Waals surface area (Å²) >= 11 is 0. The van der Waals surface area contributed by atoms with E-state index in [9.17, 15) is 0 Å². The van der Waals surface area contributed by atoms with Crippen molar-refractivity contribution >= 4 is 7.69 Å². The molecule has 0 atom stereocenters. The molecule has 0 aromatic rings. The van der Waals surface area contributed by atoms with Gasteiger partial charge in [0.05, 0.1) is 19.0 Å². The second-order valence-corrected chi connectivity index (χ2v) is 1.72. The first-order chi connectivity index (χ1) is 4.43. The molecule has 1 aliphatic rings. The van der Waals surface area contributed by atoms with Gasteiger partial charge >= 0.3 is 7.69 Å². The van der Waals surface area contributed by atoms with Gasteiger partial charge in [-0.05, 0) is 6.08 Å². The van der Waals surface area contributed by atoms with Crippen LogP contribution in [-0.2, 0) is 9.39 Å². The lowest BCUT2D eigenvalue weighted by atomic mass is 10.3. The monoisotopic (exact) mass is 127 g/mol. The zero-order chi connectivity index (χ0) is 6.53. The van der Waals surface area contributed by atoms with Crippen molar-refractivity contribution in [2.75, 3.05) is 13.2 Å². The maximum Gasteiger partial charge on any atom is 0.569 e. The summed E-state index contributed by atoms with van der Waals surface area (Å²) in [5.74, 6) is 0.781. The minimum Gasteiger partial charge on any atom is -0.541 e. The summed E-state index contributed by atoms with van der Waals surface area (Å²) in [6.07, 6.45) is 2.55. The van der Waals surface area contributed by atoms with Crippen LogP contribution in [-0.4, -0.2) is 25.9 Å². The maximum atomic E-state index is 8.19. The summed E-state index contributed by atoms with van der Waals surface area (Å²) in [4.78, 5) is 0. The zero-order valence-corrected chi connectivity index (χ0v) is 5.04. The van der Waals surface area contributed by atoms with Gasteiger partial charge in [-0.25, -0.2) is 0 Å². The molecule has 1 aliphatic heterocycles. The fraction of sp³-hybridized carbons (Fsp3) is 0.600. The van der Waals surface area contributed by atoms with Crippen LogP contribution in [0.25, 0.3) is 0 Å². The Morgan fingerprint density at radius 3 is 3.22 bits per heavy atom. The predicted molar refractivity (Wildman–Crippen MR) is 32.6 cm³/mol. The lowest BCUT2D eigenvalue weighted by Crippen LogP contribution is -2.08. The van der Waals surface area contributed by atoms with Gasteiger partial charge < -0.3 is 14.4 Å². The molecule has 1 heterocycles. The highest BCUT2D eigenvalue weighted by atomic mass is 16.5. The summed E-state index contributed by atoms with van der Waals surface area (Å²) in [6, 6.07) is 0. The van der Waals surface area contributed by atoms with E-state index >= 15 is 0 Å². The molecule has 0 aromatic carbocycles. The van der Waals surface area contributed by atoms with Crippen molar-refractivity contribution in [3.63, 3.8) is 0 Å². The minimum absolute atomic E-state index is 0.586. The first kappa shape index (κ1) is 6.64. The van der Waals surface area contributed by atoms with Gasteiger partial charge in [-0.2, -0.15) is 0 Å². The normalized spacial score (nSPS) is 18.6. The fourth-order valence-corrected chi connectivity index (χ4v) is 0.685. The molecule has 0 aliphatic carbocycles. The number of hydrogen-bond donors (Lipinski definition) is 1. The first-order valence-electron chi connectivity index (χ1n) is 2.83. The van der Waals surface area contributed by atoms with Crippen LogP contribution in [0.5, 0.6) is 0 Å². The second kappa shape index (κ2) is 3.53. The van der Waals surface area contributed by atoms with E-state index in [1.807, 2.05) is 0 Å². The van der Waals surface area contributed by atoms with Crippen LogP contribution in [0.2, 0.25) is 0 Å². The Hall–Kier alpha value is -0.475. The molecular weight excluding hydrogens is 119 g/mol. The van der Waals surface area contributed by atoms with Crippen molar-refractivity contribution in [2.24, 2.45) is 0 Å². The van der Waals surface area contributed by atoms with Crippen LogP contribution in [0.3, 0.4) is 0 Å². The van der Waals surface area contributed by atoms with Gasteiger partial charge in [0.15, 0.2) is 0 Å². The summed E-state index contributed by atoms with van der Waals surface area (Å²) < 4.78 is 9.69. The molecular formula is C5H8BO3. The summed E-state index contributed by atoms with van der Waals surface area (Å²) in [5, 5.41) is 8.19. The topological polar surface area (TPSA) is 38.7 Å². The Labute approximate surface area is 54.6 Å². The standard InChI is InChI=1S/C5H8BO3/c7-6-9-5-1-3-8-4-2-5/h1,7H,2-4H2. The minimum atomic E-state index is 0.586. The zero-order valence-electron chi connectivity index (χ0n) is 5.04. The average Bonchev–Trinajstić information content (AvgIpc) is 1.91. The van der Waals surface area contributed by atoms with Crippen LogP contribution in [0.15, 0.2) is 11.8 Å². The maximum absolute atomic E-state index is 8.19. The highest BCUT2D eigenvalue weighted by Crippen LogP contribution is 2.06. The SMILES string of the molecule is O[B]OC1=CCOCC1. The van der Waals surface area contributed by atoms with Crippen LogP contribution >= 0.6 is 0 Å². The molecule has 0 saturated heterocycles. The van der Waals surface area contributed by atoms with E-state index in [1.54, 1.807) is 6.08 Å². The smallest absolute Gasteiger partial charge is 0.541 e. The summed E-state index contributed by atoms with van der Waals surface area (Å²) in [6.45, 7) is 1.27. The Morgan fingerprint density at radius 1 is 1.78 bits per heavy atom. The Kier molecular flexibility index (Phi) is 2.61. The van der Waals surface area contributed by atoms with E-state index in [-0.39, 0.29) is 0 Å². The second-order valence-electron chi connectivity index (χ2n) is 1.72. The van der Waals surface area contributed by atoms with Gasteiger partial charge in [0.2, 0.25) is 0 Å². The highest BCUT2D eigenvalue weighted by molar-refractivity contribution is 6.16. The van der Waals surface area contributed by atoms with Gasteiger partial charge in [0.25, 0.3) is 0 Å². The van der Waals surface area contributed by atoms with Crippen molar-refractivity contribution in [3.8, 4) is 0 Å². The van der Waals surface area contributed by atoms with E-state index in [4.69, 9.17) is 14.4 Å². The molecule has 49 valence electrons. The molecule has 0 saturated carbocycles. The van der Waals surface area contributed by atoms with Gasteiger partial charge in [-0.3, -0.25) is 0 Å². The Balaban J connectivity index is 2.28. The molecule has 0 bridgehead atoms. The molecule has 1 N–H and O–H groups in total. The molecule has 0 fully saturated rings. The number of ether oxygens (including phenoxy) is 1. The van der Waals surface area contributed by atoms with Crippen molar-refractivity contribution < 1.29 is 14.4 Å². The molecule has 0 unspecified atom stereocenters. The van der Waals surface area contributed by atoms with Gasteiger partial charge in [0.1, 0.15) is 0 Å². The van der Waals surface area contributed by atoms with Crippen molar-refractivity contribution in [1.29, 1.82) is 0 Å². The van der Waals surface area contributed by atoms with Crippen LogP contribution < -0.4 is 0 Å². The number of rotatable bonds is 2. The number of hydrogen-bond acceptors (Lipinski definition) is 3. The van der Waals surface area contributed by atoms with Crippen molar-refractivity contribution in [2.45, 2.75) is 6.42 Å². The summed E-state index contributed by atoms with van der Waals surface area (Å²) in [5.41, 5.74) is 0. The average molecular weight is 127 g/mol. The largest absolute Gasteiger partial charge is 0.569 e.